The van der Waals surface area contributed by atoms with Gasteiger partial charge in [-0.25, -0.2) is 0 Å². The van der Waals surface area contributed by atoms with E-state index in [1.54, 1.807) is 0 Å². The van der Waals surface area contributed by atoms with Gasteiger partial charge in [0.15, 0.2) is 0 Å². The van der Waals surface area contributed by atoms with Crippen molar-refractivity contribution in [2.45, 2.75) is 45.1 Å². The van der Waals surface area contributed by atoms with Gasteiger partial charge in [0.1, 0.15) is 0 Å². The molecule has 0 saturated heterocycles. The highest BCUT2D eigenvalue weighted by atomic mass is 35.5. The van der Waals surface area contributed by atoms with E-state index in [-0.39, 0.29) is 6.10 Å². The first-order valence-electron chi connectivity index (χ1n) is 6.01. The minimum Gasteiger partial charge on any atom is -0.393 e. The van der Waals surface area contributed by atoms with Crippen LogP contribution in [0.15, 0.2) is 0 Å². The first kappa shape index (κ1) is 11.9. The Bertz CT molecular complexity index is 371. The molecule has 1 atom stereocenters. The predicted molar refractivity (Wildman–Crippen MR) is 64.6 cm³/mol. The second kappa shape index (κ2) is 4.76. The molecule has 0 radical (unpaired) electrons. The third-order valence-electron chi connectivity index (χ3n) is 3.35. The summed E-state index contributed by atoms with van der Waals surface area (Å²) in [6.07, 6.45) is 4.68. The minimum absolute atomic E-state index is 0.156. The smallest absolute Gasteiger partial charge is 0.0849 e. The summed E-state index contributed by atoms with van der Waals surface area (Å²) in [5.41, 5.74) is 2.01. The molecule has 1 N–H and O–H groups in total. The van der Waals surface area contributed by atoms with Crippen LogP contribution in [0.4, 0.5) is 0 Å². The number of aryl methyl sites for hydroxylation is 2. The molecule has 1 unspecified atom stereocenters. The van der Waals surface area contributed by atoms with Gasteiger partial charge in [-0.3, -0.25) is 4.68 Å². The SMILES string of the molecule is CCc1nn(C)c(CCC(O)C2CC2)c1Cl. The van der Waals surface area contributed by atoms with Crippen LogP contribution in [0.5, 0.6) is 0 Å². The van der Waals surface area contributed by atoms with Crippen LogP contribution < -0.4 is 0 Å². The molecule has 90 valence electrons. The molecule has 2 rings (SSSR count). The molecule has 1 fully saturated rings. The predicted octanol–water partition coefficient (Wildman–Crippen LogP) is 2.34. The van der Waals surface area contributed by atoms with Gasteiger partial charge < -0.3 is 5.11 Å². The van der Waals surface area contributed by atoms with Crippen molar-refractivity contribution in [2.75, 3.05) is 0 Å². The van der Waals surface area contributed by atoms with Gasteiger partial charge in [-0.15, -0.1) is 0 Å². The highest BCUT2D eigenvalue weighted by Gasteiger charge is 2.29. The van der Waals surface area contributed by atoms with Crippen molar-refractivity contribution in [1.82, 2.24) is 9.78 Å². The second-order valence-electron chi connectivity index (χ2n) is 4.63. The second-order valence-corrected chi connectivity index (χ2v) is 5.01. The zero-order valence-corrected chi connectivity index (χ0v) is 10.7. The molecule has 1 aromatic heterocycles. The lowest BCUT2D eigenvalue weighted by molar-refractivity contribution is 0.141. The van der Waals surface area contributed by atoms with Crippen LogP contribution in [0.25, 0.3) is 0 Å². The molecule has 1 aliphatic rings. The van der Waals surface area contributed by atoms with Crippen molar-refractivity contribution < 1.29 is 5.11 Å². The maximum atomic E-state index is 9.82. The van der Waals surface area contributed by atoms with E-state index in [9.17, 15) is 5.11 Å². The third-order valence-corrected chi connectivity index (χ3v) is 3.78. The lowest BCUT2D eigenvalue weighted by atomic mass is 10.1. The molecule has 0 spiro atoms. The van der Waals surface area contributed by atoms with E-state index in [0.29, 0.717) is 5.92 Å². The van der Waals surface area contributed by atoms with Crippen molar-refractivity contribution in [2.24, 2.45) is 13.0 Å². The zero-order chi connectivity index (χ0) is 11.7. The number of aliphatic hydroxyl groups is 1. The Morgan fingerprint density at radius 3 is 2.75 bits per heavy atom. The van der Waals surface area contributed by atoms with Gasteiger partial charge in [0.2, 0.25) is 0 Å². The summed E-state index contributed by atoms with van der Waals surface area (Å²) in [5.74, 6) is 0.539. The van der Waals surface area contributed by atoms with Crippen molar-refractivity contribution in [3.05, 3.63) is 16.4 Å². The number of halogens is 1. The topological polar surface area (TPSA) is 38.0 Å². The lowest BCUT2D eigenvalue weighted by Crippen LogP contribution is -2.11. The van der Waals surface area contributed by atoms with Gasteiger partial charge in [-0.1, -0.05) is 18.5 Å². The number of aromatic nitrogens is 2. The molecule has 0 bridgehead atoms. The molecule has 1 heterocycles. The van der Waals surface area contributed by atoms with Crippen molar-refractivity contribution in [3.63, 3.8) is 0 Å². The summed E-state index contributed by atoms with van der Waals surface area (Å²) in [6, 6.07) is 0. The zero-order valence-electron chi connectivity index (χ0n) is 9.91. The average Bonchev–Trinajstić information content (AvgIpc) is 3.05. The van der Waals surface area contributed by atoms with Crippen LogP contribution >= 0.6 is 11.6 Å². The van der Waals surface area contributed by atoms with E-state index >= 15 is 0 Å². The minimum atomic E-state index is -0.156. The quantitative estimate of drug-likeness (QED) is 0.861. The van der Waals surface area contributed by atoms with E-state index in [2.05, 4.69) is 12.0 Å². The molecular weight excluding hydrogens is 224 g/mol. The molecule has 1 saturated carbocycles. The maximum absolute atomic E-state index is 9.82. The summed E-state index contributed by atoms with van der Waals surface area (Å²) in [5, 5.41) is 15.0. The Labute approximate surface area is 101 Å². The number of hydrogen-bond donors (Lipinski definition) is 1. The summed E-state index contributed by atoms with van der Waals surface area (Å²) in [4.78, 5) is 0. The monoisotopic (exact) mass is 242 g/mol. The Morgan fingerprint density at radius 1 is 1.56 bits per heavy atom. The van der Waals surface area contributed by atoms with E-state index in [4.69, 9.17) is 11.6 Å². The summed E-state index contributed by atoms with van der Waals surface area (Å²) < 4.78 is 1.85. The summed E-state index contributed by atoms with van der Waals surface area (Å²) in [6.45, 7) is 2.05. The molecule has 0 amide bonds. The normalized spacial score (nSPS) is 17.8. The number of nitrogens with zero attached hydrogens (tertiary/aromatic N) is 2. The largest absolute Gasteiger partial charge is 0.393 e. The highest BCUT2D eigenvalue weighted by molar-refractivity contribution is 6.31. The van der Waals surface area contributed by atoms with Gasteiger partial charge in [-0.05, 0) is 38.0 Å². The van der Waals surface area contributed by atoms with Gasteiger partial charge in [0.05, 0.1) is 22.5 Å². The Kier molecular flexibility index (Phi) is 3.55. The highest BCUT2D eigenvalue weighted by Crippen LogP contribution is 2.34. The van der Waals surface area contributed by atoms with Crippen LogP contribution in [0, 0.1) is 5.92 Å². The summed E-state index contributed by atoms with van der Waals surface area (Å²) >= 11 is 6.24. The van der Waals surface area contributed by atoms with Crippen molar-refractivity contribution >= 4 is 11.6 Å². The lowest BCUT2D eigenvalue weighted by Gasteiger charge is -2.09. The average molecular weight is 243 g/mol. The number of rotatable bonds is 5. The fraction of sp³-hybridized carbons (Fsp3) is 0.750. The van der Waals surface area contributed by atoms with E-state index in [1.165, 1.54) is 12.8 Å². The van der Waals surface area contributed by atoms with Crippen LogP contribution in [0.2, 0.25) is 5.02 Å². The van der Waals surface area contributed by atoms with Crippen molar-refractivity contribution in [1.29, 1.82) is 0 Å². The molecule has 4 heteroatoms. The van der Waals surface area contributed by atoms with E-state index in [0.717, 1.165) is 35.7 Å². The van der Waals surface area contributed by atoms with Crippen LogP contribution in [0.1, 0.15) is 37.6 Å². The first-order chi connectivity index (χ1) is 7.63. The van der Waals surface area contributed by atoms with Crippen LogP contribution in [0.3, 0.4) is 0 Å². The van der Waals surface area contributed by atoms with Gasteiger partial charge in [0.25, 0.3) is 0 Å². The summed E-state index contributed by atoms with van der Waals surface area (Å²) in [7, 11) is 1.92. The Balaban J connectivity index is 1.99. The maximum Gasteiger partial charge on any atom is 0.0849 e. The third kappa shape index (κ3) is 2.41. The molecule has 1 aliphatic carbocycles. The van der Waals surface area contributed by atoms with E-state index in [1.807, 2.05) is 11.7 Å². The van der Waals surface area contributed by atoms with Gasteiger partial charge in [0, 0.05) is 7.05 Å². The van der Waals surface area contributed by atoms with Gasteiger partial charge >= 0.3 is 0 Å². The molecule has 0 aromatic carbocycles. The molecule has 1 aromatic rings. The Morgan fingerprint density at radius 2 is 2.25 bits per heavy atom. The van der Waals surface area contributed by atoms with Crippen molar-refractivity contribution in [3.8, 4) is 0 Å². The van der Waals surface area contributed by atoms with Crippen LogP contribution in [-0.2, 0) is 19.9 Å². The molecular formula is C12H19ClN2O. The fourth-order valence-electron chi connectivity index (χ4n) is 2.09. The fourth-order valence-corrected chi connectivity index (χ4v) is 2.48. The van der Waals surface area contributed by atoms with Gasteiger partial charge in [-0.2, -0.15) is 5.10 Å². The first-order valence-corrected chi connectivity index (χ1v) is 6.39. The number of hydrogen-bond acceptors (Lipinski definition) is 2. The molecule has 16 heavy (non-hydrogen) atoms. The number of aliphatic hydroxyl groups excluding tert-OH is 1. The standard InChI is InChI=1S/C12H19ClN2O/c1-3-9-12(13)10(15(2)14-9)6-7-11(16)8-4-5-8/h8,11,16H,3-7H2,1-2H3. The van der Waals surface area contributed by atoms with Crippen LogP contribution in [-0.4, -0.2) is 21.0 Å². The molecule has 3 nitrogen and oxygen atoms in total. The van der Waals surface area contributed by atoms with E-state index < -0.39 is 0 Å². The molecule has 0 aliphatic heterocycles. The Hall–Kier alpha value is -0.540.